The molecule has 3 aromatic carbocycles. The first-order valence-electron chi connectivity index (χ1n) is 9.50. The average Bonchev–Trinajstić information content (AvgIpc) is 2.73. The summed E-state index contributed by atoms with van der Waals surface area (Å²) in [7, 11) is 0. The molecule has 0 aliphatic carbocycles. The molecular formula is C25H27NO. The summed E-state index contributed by atoms with van der Waals surface area (Å²) in [5, 5.41) is 3.33. The van der Waals surface area contributed by atoms with Gasteiger partial charge in [0.15, 0.2) is 0 Å². The smallest absolute Gasteiger partial charge is 0.235 e. The van der Waals surface area contributed by atoms with Crippen LogP contribution in [-0.4, -0.2) is 5.91 Å². The Hall–Kier alpha value is -2.87. The van der Waals surface area contributed by atoms with E-state index >= 15 is 0 Å². The van der Waals surface area contributed by atoms with Crippen molar-refractivity contribution in [1.82, 2.24) is 5.32 Å². The lowest BCUT2D eigenvalue weighted by molar-refractivity contribution is -0.126. The summed E-state index contributed by atoms with van der Waals surface area (Å²) in [6.45, 7) is 6.29. The maximum Gasteiger partial charge on any atom is 0.235 e. The van der Waals surface area contributed by atoms with Gasteiger partial charge in [-0.3, -0.25) is 4.79 Å². The Kier molecular flexibility index (Phi) is 5.75. The second-order valence-corrected chi connectivity index (χ2v) is 7.46. The molecule has 0 aliphatic rings. The largest absolute Gasteiger partial charge is 0.348 e. The quantitative estimate of drug-likeness (QED) is 0.619. The molecule has 0 saturated heterocycles. The molecule has 0 saturated carbocycles. The van der Waals surface area contributed by atoms with E-state index in [1.54, 1.807) is 0 Å². The van der Waals surface area contributed by atoms with Crippen LogP contribution in [0.1, 0.15) is 43.5 Å². The maximum atomic E-state index is 13.6. The number of carbonyl (C=O) groups is 1. The Balaban J connectivity index is 2.01. The standard InChI is InChI=1S/C25H27NO/c1-19(2)23(20-13-7-4-8-14-20)26-24(27)25(3,21-15-9-5-10-16-21)22-17-11-6-12-18-22/h4-19,23H,1-3H3,(H,26,27)/t23-/m1/s1. The highest BCUT2D eigenvalue weighted by Crippen LogP contribution is 2.34. The fourth-order valence-electron chi connectivity index (χ4n) is 3.55. The van der Waals surface area contributed by atoms with Gasteiger partial charge in [-0.15, -0.1) is 0 Å². The lowest BCUT2D eigenvalue weighted by atomic mass is 9.75. The van der Waals surface area contributed by atoms with E-state index in [9.17, 15) is 4.79 Å². The predicted molar refractivity (Wildman–Crippen MR) is 112 cm³/mol. The van der Waals surface area contributed by atoms with Crippen molar-refractivity contribution in [2.24, 2.45) is 5.92 Å². The molecule has 0 spiro atoms. The highest BCUT2D eigenvalue weighted by molar-refractivity contribution is 5.92. The van der Waals surface area contributed by atoms with Crippen LogP contribution in [0.2, 0.25) is 0 Å². The number of rotatable bonds is 6. The van der Waals surface area contributed by atoms with E-state index in [4.69, 9.17) is 0 Å². The fourth-order valence-corrected chi connectivity index (χ4v) is 3.55. The molecule has 2 nitrogen and oxygen atoms in total. The molecule has 27 heavy (non-hydrogen) atoms. The zero-order valence-corrected chi connectivity index (χ0v) is 16.2. The molecule has 0 heterocycles. The molecule has 1 N–H and O–H groups in total. The number of hydrogen-bond donors (Lipinski definition) is 1. The predicted octanol–water partition coefficient (Wildman–Crippen LogP) is 5.51. The fraction of sp³-hybridized carbons (Fsp3) is 0.240. The van der Waals surface area contributed by atoms with Gasteiger partial charge in [-0.2, -0.15) is 0 Å². The molecule has 138 valence electrons. The van der Waals surface area contributed by atoms with Gasteiger partial charge in [-0.1, -0.05) is 105 Å². The van der Waals surface area contributed by atoms with Crippen LogP contribution in [0.4, 0.5) is 0 Å². The van der Waals surface area contributed by atoms with Gasteiger partial charge >= 0.3 is 0 Å². The summed E-state index contributed by atoms with van der Waals surface area (Å²) in [5.41, 5.74) is 2.35. The van der Waals surface area contributed by atoms with Crippen LogP contribution >= 0.6 is 0 Å². The van der Waals surface area contributed by atoms with Crippen LogP contribution < -0.4 is 5.32 Å². The minimum atomic E-state index is -0.759. The van der Waals surface area contributed by atoms with Gasteiger partial charge in [0.2, 0.25) is 5.91 Å². The summed E-state index contributed by atoms with van der Waals surface area (Å²) in [6, 6.07) is 30.2. The summed E-state index contributed by atoms with van der Waals surface area (Å²) < 4.78 is 0. The van der Waals surface area contributed by atoms with Crippen LogP contribution in [0.25, 0.3) is 0 Å². The topological polar surface area (TPSA) is 29.1 Å². The van der Waals surface area contributed by atoms with Crippen LogP contribution in [0.5, 0.6) is 0 Å². The molecular weight excluding hydrogens is 330 g/mol. The van der Waals surface area contributed by atoms with Gasteiger partial charge in [-0.05, 0) is 29.5 Å². The van der Waals surface area contributed by atoms with Crippen molar-refractivity contribution in [1.29, 1.82) is 0 Å². The molecule has 1 atom stereocenters. The van der Waals surface area contributed by atoms with Crippen LogP contribution in [0.15, 0.2) is 91.0 Å². The number of amides is 1. The van der Waals surface area contributed by atoms with E-state index in [-0.39, 0.29) is 17.9 Å². The minimum Gasteiger partial charge on any atom is -0.348 e. The Morgan fingerprint density at radius 2 is 1.15 bits per heavy atom. The van der Waals surface area contributed by atoms with Crippen LogP contribution in [0, 0.1) is 5.92 Å². The number of nitrogens with one attached hydrogen (secondary N) is 1. The van der Waals surface area contributed by atoms with Gasteiger partial charge in [-0.25, -0.2) is 0 Å². The summed E-state index contributed by atoms with van der Waals surface area (Å²) >= 11 is 0. The molecule has 0 radical (unpaired) electrons. The molecule has 0 unspecified atom stereocenters. The zero-order valence-electron chi connectivity index (χ0n) is 16.2. The first-order chi connectivity index (χ1) is 13.0. The normalized spacial score (nSPS) is 12.6. The van der Waals surface area contributed by atoms with E-state index in [1.165, 1.54) is 0 Å². The number of benzene rings is 3. The van der Waals surface area contributed by atoms with E-state index < -0.39 is 5.41 Å². The van der Waals surface area contributed by atoms with Crippen molar-refractivity contribution in [3.05, 3.63) is 108 Å². The SMILES string of the molecule is CC(C)[C@@H](NC(=O)C(C)(c1ccccc1)c1ccccc1)c1ccccc1. The Morgan fingerprint density at radius 1 is 0.741 bits per heavy atom. The monoisotopic (exact) mass is 357 g/mol. The molecule has 0 fully saturated rings. The van der Waals surface area contributed by atoms with Gasteiger partial charge in [0, 0.05) is 0 Å². The highest BCUT2D eigenvalue weighted by Gasteiger charge is 2.38. The summed E-state index contributed by atoms with van der Waals surface area (Å²) in [4.78, 5) is 13.6. The first-order valence-corrected chi connectivity index (χ1v) is 9.50. The Morgan fingerprint density at radius 3 is 1.56 bits per heavy atom. The molecule has 0 bridgehead atoms. The van der Waals surface area contributed by atoms with E-state index in [0.717, 1.165) is 16.7 Å². The Labute approximate surface area is 162 Å². The van der Waals surface area contributed by atoms with Crippen molar-refractivity contribution in [3.8, 4) is 0 Å². The van der Waals surface area contributed by atoms with Crippen molar-refractivity contribution >= 4 is 5.91 Å². The minimum absolute atomic E-state index is 0.0162. The lowest BCUT2D eigenvalue weighted by Gasteiger charge is -2.33. The summed E-state index contributed by atoms with van der Waals surface area (Å²) in [6.07, 6.45) is 0. The number of carbonyl (C=O) groups excluding carboxylic acids is 1. The average molecular weight is 357 g/mol. The molecule has 3 aromatic rings. The van der Waals surface area contributed by atoms with Gasteiger partial charge in [0.25, 0.3) is 0 Å². The second-order valence-electron chi connectivity index (χ2n) is 7.46. The Bertz CT molecular complexity index is 817. The lowest BCUT2D eigenvalue weighted by Crippen LogP contribution is -2.45. The van der Waals surface area contributed by atoms with Gasteiger partial charge in [0.1, 0.15) is 0 Å². The van der Waals surface area contributed by atoms with Crippen LogP contribution in [-0.2, 0) is 10.2 Å². The summed E-state index contributed by atoms with van der Waals surface area (Å²) in [5.74, 6) is 0.301. The first kappa shape index (κ1) is 18.9. The van der Waals surface area contributed by atoms with Crippen LogP contribution in [0.3, 0.4) is 0 Å². The number of hydrogen-bond acceptors (Lipinski definition) is 1. The third-order valence-corrected chi connectivity index (χ3v) is 5.27. The highest BCUT2D eigenvalue weighted by atomic mass is 16.2. The molecule has 0 aromatic heterocycles. The van der Waals surface area contributed by atoms with E-state index in [0.29, 0.717) is 0 Å². The van der Waals surface area contributed by atoms with Gasteiger partial charge < -0.3 is 5.32 Å². The molecule has 0 aliphatic heterocycles. The maximum absolute atomic E-state index is 13.6. The molecule has 3 rings (SSSR count). The van der Waals surface area contributed by atoms with Crippen molar-refractivity contribution in [2.45, 2.75) is 32.2 Å². The third kappa shape index (κ3) is 3.95. The second kappa shape index (κ2) is 8.22. The van der Waals surface area contributed by atoms with E-state index in [1.807, 2.05) is 85.8 Å². The van der Waals surface area contributed by atoms with Gasteiger partial charge in [0.05, 0.1) is 11.5 Å². The van der Waals surface area contributed by atoms with Crippen molar-refractivity contribution < 1.29 is 4.79 Å². The molecule has 2 heteroatoms. The van der Waals surface area contributed by atoms with Crippen molar-refractivity contribution in [2.75, 3.05) is 0 Å². The zero-order chi connectivity index (χ0) is 19.3. The third-order valence-electron chi connectivity index (χ3n) is 5.27. The van der Waals surface area contributed by atoms with Crippen molar-refractivity contribution in [3.63, 3.8) is 0 Å². The van der Waals surface area contributed by atoms with E-state index in [2.05, 4.69) is 31.3 Å². The molecule has 1 amide bonds.